The zero-order valence-electron chi connectivity index (χ0n) is 12.6. The molecule has 23 heavy (non-hydrogen) atoms. The SMILES string of the molecule is C[C@H](Nc1ccc(NC(=O)c2cccs2)cc1)c1cnccn1. The lowest BCUT2D eigenvalue weighted by Gasteiger charge is -2.14. The minimum atomic E-state index is -0.0892. The van der Waals surface area contributed by atoms with Crippen molar-refractivity contribution in [2.45, 2.75) is 13.0 Å². The highest BCUT2D eigenvalue weighted by Gasteiger charge is 2.08. The van der Waals surface area contributed by atoms with Crippen LogP contribution >= 0.6 is 11.3 Å². The Kier molecular flexibility index (Phi) is 4.63. The van der Waals surface area contributed by atoms with Gasteiger partial charge < -0.3 is 10.6 Å². The van der Waals surface area contributed by atoms with Crippen LogP contribution in [0.1, 0.15) is 28.3 Å². The van der Waals surface area contributed by atoms with E-state index in [0.717, 1.165) is 17.1 Å². The molecular weight excluding hydrogens is 308 g/mol. The zero-order chi connectivity index (χ0) is 16.1. The molecular formula is C17H16N4OS. The minimum absolute atomic E-state index is 0.0512. The van der Waals surface area contributed by atoms with E-state index in [1.807, 2.05) is 42.6 Å². The lowest BCUT2D eigenvalue weighted by Crippen LogP contribution is -2.11. The van der Waals surface area contributed by atoms with Crippen LogP contribution in [-0.4, -0.2) is 15.9 Å². The minimum Gasteiger partial charge on any atom is -0.377 e. The molecule has 3 rings (SSSR count). The van der Waals surface area contributed by atoms with Crippen LogP contribution in [0.2, 0.25) is 0 Å². The van der Waals surface area contributed by atoms with E-state index in [2.05, 4.69) is 20.6 Å². The van der Waals surface area contributed by atoms with E-state index < -0.39 is 0 Å². The highest BCUT2D eigenvalue weighted by Crippen LogP contribution is 2.20. The normalized spacial score (nSPS) is 11.7. The van der Waals surface area contributed by atoms with Gasteiger partial charge >= 0.3 is 0 Å². The van der Waals surface area contributed by atoms with Crippen LogP contribution in [0.3, 0.4) is 0 Å². The molecule has 0 saturated carbocycles. The molecule has 0 spiro atoms. The third kappa shape index (κ3) is 3.92. The molecule has 116 valence electrons. The van der Waals surface area contributed by atoms with Gasteiger partial charge in [0.25, 0.3) is 5.91 Å². The number of thiophene rings is 1. The van der Waals surface area contributed by atoms with E-state index in [9.17, 15) is 4.79 Å². The molecule has 1 atom stereocenters. The Labute approximate surface area is 138 Å². The summed E-state index contributed by atoms with van der Waals surface area (Å²) in [6, 6.07) is 11.3. The first-order valence-corrected chi connectivity index (χ1v) is 8.08. The van der Waals surface area contributed by atoms with Crippen molar-refractivity contribution in [2.24, 2.45) is 0 Å². The van der Waals surface area contributed by atoms with Crippen LogP contribution in [-0.2, 0) is 0 Å². The average Bonchev–Trinajstić information content (AvgIpc) is 3.12. The van der Waals surface area contributed by atoms with Crippen LogP contribution in [0.5, 0.6) is 0 Å². The summed E-state index contributed by atoms with van der Waals surface area (Å²) in [4.78, 5) is 21.0. The Balaban J connectivity index is 1.62. The summed E-state index contributed by atoms with van der Waals surface area (Å²) >= 11 is 1.42. The molecule has 0 aliphatic rings. The van der Waals surface area contributed by atoms with E-state index in [-0.39, 0.29) is 11.9 Å². The molecule has 2 heterocycles. The van der Waals surface area contributed by atoms with Gasteiger partial charge in [-0.2, -0.15) is 0 Å². The number of aromatic nitrogens is 2. The van der Waals surface area contributed by atoms with E-state index in [0.29, 0.717) is 4.88 Å². The molecule has 6 heteroatoms. The quantitative estimate of drug-likeness (QED) is 0.745. The highest BCUT2D eigenvalue weighted by molar-refractivity contribution is 7.12. The Morgan fingerprint density at radius 2 is 1.91 bits per heavy atom. The molecule has 1 aromatic carbocycles. The standard InChI is InChI=1S/C17H16N4OS/c1-12(15-11-18-8-9-19-15)20-13-4-6-14(7-5-13)21-17(22)16-3-2-10-23-16/h2-12,20H,1H3,(H,21,22)/t12-/m0/s1. The number of carbonyl (C=O) groups is 1. The molecule has 0 unspecified atom stereocenters. The van der Waals surface area contributed by atoms with E-state index in [1.165, 1.54) is 11.3 Å². The molecule has 2 aromatic heterocycles. The van der Waals surface area contributed by atoms with Crippen molar-refractivity contribution in [3.63, 3.8) is 0 Å². The predicted molar refractivity (Wildman–Crippen MR) is 92.8 cm³/mol. The molecule has 0 radical (unpaired) electrons. The summed E-state index contributed by atoms with van der Waals surface area (Å²) in [5, 5.41) is 8.12. The number of hydrogen-bond acceptors (Lipinski definition) is 5. The summed E-state index contributed by atoms with van der Waals surface area (Å²) in [7, 11) is 0. The number of hydrogen-bond donors (Lipinski definition) is 2. The molecule has 0 fully saturated rings. The summed E-state index contributed by atoms with van der Waals surface area (Å²) in [6.45, 7) is 2.02. The predicted octanol–water partition coefficient (Wildman–Crippen LogP) is 3.96. The monoisotopic (exact) mass is 324 g/mol. The number of benzene rings is 1. The second kappa shape index (κ2) is 7.02. The first-order chi connectivity index (χ1) is 11.2. The lowest BCUT2D eigenvalue weighted by molar-refractivity contribution is 0.103. The fourth-order valence-corrected chi connectivity index (χ4v) is 2.73. The van der Waals surface area contributed by atoms with Crippen molar-refractivity contribution in [3.8, 4) is 0 Å². The molecule has 1 amide bonds. The smallest absolute Gasteiger partial charge is 0.265 e. The van der Waals surface area contributed by atoms with Gasteiger partial charge in [0, 0.05) is 23.8 Å². The molecule has 5 nitrogen and oxygen atoms in total. The number of nitrogens with zero attached hydrogens (tertiary/aromatic N) is 2. The van der Waals surface area contributed by atoms with Crippen LogP contribution < -0.4 is 10.6 Å². The number of nitrogens with one attached hydrogen (secondary N) is 2. The van der Waals surface area contributed by atoms with Gasteiger partial charge in [-0.1, -0.05) is 6.07 Å². The van der Waals surface area contributed by atoms with Crippen molar-refractivity contribution in [3.05, 3.63) is 70.9 Å². The number of carbonyl (C=O) groups excluding carboxylic acids is 1. The molecule has 2 N–H and O–H groups in total. The maximum Gasteiger partial charge on any atom is 0.265 e. The van der Waals surface area contributed by atoms with Crippen molar-refractivity contribution in [1.82, 2.24) is 9.97 Å². The van der Waals surface area contributed by atoms with Crippen molar-refractivity contribution in [1.29, 1.82) is 0 Å². The molecule has 3 aromatic rings. The molecule has 0 bridgehead atoms. The average molecular weight is 324 g/mol. The first-order valence-electron chi connectivity index (χ1n) is 7.20. The van der Waals surface area contributed by atoms with E-state index in [1.54, 1.807) is 24.7 Å². The Bertz CT molecular complexity index is 757. The van der Waals surface area contributed by atoms with E-state index in [4.69, 9.17) is 0 Å². The maximum atomic E-state index is 12.0. The van der Waals surface area contributed by atoms with Gasteiger partial charge in [0.2, 0.25) is 0 Å². The van der Waals surface area contributed by atoms with Gasteiger partial charge in [0.1, 0.15) is 0 Å². The summed E-state index contributed by atoms with van der Waals surface area (Å²) in [6.07, 6.45) is 5.07. The number of anilines is 2. The number of amides is 1. The van der Waals surface area contributed by atoms with Gasteiger partial charge in [-0.15, -0.1) is 11.3 Å². The second-order valence-corrected chi connectivity index (χ2v) is 5.95. The summed E-state index contributed by atoms with van der Waals surface area (Å²) < 4.78 is 0. The fraction of sp³-hybridized carbons (Fsp3) is 0.118. The largest absolute Gasteiger partial charge is 0.377 e. The summed E-state index contributed by atoms with van der Waals surface area (Å²) in [5.41, 5.74) is 2.60. The first kappa shape index (κ1) is 15.2. The Morgan fingerprint density at radius 1 is 1.13 bits per heavy atom. The van der Waals surface area contributed by atoms with Gasteiger partial charge in [-0.3, -0.25) is 14.8 Å². The van der Waals surface area contributed by atoms with E-state index >= 15 is 0 Å². The Morgan fingerprint density at radius 3 is 2.57 bits per heavy atom. The van der Waals surface area contributed by atoms with Crippen LogP contribution in [0.4, 0.5) is 11.4 Å². The fourth-order valence-electron chi connectivity index (χ4n) is 2.11. The van der Waals surface area contributed by atoms with Crippen LogP contribution in [0.25, 0.3) is 0 Å². The Hall–Kier alpha value is -2.73. The second-order valence-electron chi connectivity index (χ2n) is 5.01. The lowest BCUT2D eigenvalue weighted by atomic mass is 10.2. The molecule has 0 aliphatic heterocycles. The van der Waals surface area contributed by atoms with Gasteiger partial charge in [0.05, 0.1) is 22.8 Å². The zero-order valence-corrected chi connectivity index (χ0v) is 13.4. The van der Waals surface area contributed by atoms with Gasteiger partial charge in [-0.25, -0.2) is 0 Å². The molecule has 0 aliphatic carbocycles. The van der Waals surface area contributed by atoms with Gasteiger partial charge in [-0.05, 0) is 42.6 Å². The maximum absolute atomic E-state index is 12.0. The molecule has 0 saturated heterocycles. The highest BCUT2D eigenvalue weighted by atomic mass is 32.1. The van der Waals surface area contributed by atoms with Crippen molar-refractivity contribution >= 4 is 28.6 Å². The topological polar surface area (TPSA) is 66.9 Å². The van der Waals surface area contributed by atoms with Crippen LogP contribution in [0.15, 0.2) is 60.4 Å². The van der Waals surface area contributed by atoms with Crippen molar-refractivity contribution < 1.29 is 4.79 Å². The van der Waals surface area contributed by atoms with Crippen molar-refractivity contribution in [2.75, 3.05) is 10.6 Å². The third-order valence-electron chi connectivity index (χ3n) is 3.30. The van der Waals surface area contributed by atoms with Gasteiger partial charge in [0.15, 0.2) is 0 Å². The van der Waals surface area contributed by atoms with Crippen LogP contribution in [0, 0.1) is 0 Å². The number of rotatable bonds is 5. The summed E-state index contributed by atoms with van der Waals surface area (Å²) in [5.74, 6) is -0.0892. The third-order valence-corrected chi connectivity index (χ3v) is 4.17.